The van der Waals surface area contributed by atoms with E-state index >= 15 is 0 Å². The highest BCUT2D eigenvalue weighted by atomic mass is 35.5. The first-order chi connectivity index (χ1) is 17.6. The topological polar surface area (TPSA) is 67.9 Å². The second-order valence-corrected chi connectivity index (χ2v) is 10.5. The molecule has 0 spiro atoms. The third kappa shape index (κ3) is 8.41. The van der Waals surface area contributed by atoms with Crippen LogP contribution < -0.4 is 14.8 Å². The third-order valence-electron chi connectivity index (χ3n) is 5.53. The van der Waals surface area contributed by atoms with Gasteiger partial charge in [0.15, 0.2) is 18.1 Å². The molecule has 0 heterocycles. The summed E-state index contributed by atoms with van der Waals surface area (Å²) >= 11 is 12.4. The van der Waals surface area contributed by atoms with Crippen LogP contribution in [0.1, 0.15) is 31.9 Å². The second kappa shape index (κ2) is 12.8. The highest BCUT2D eigenvalue weighted by Gasteiger charge is 2.32. The van der Waals surface area contributed by atoms with Crippen LogP contribution in [-0.2, 0) is 22.6 Å². The summed E-state index contributed by atoms with van der Waals surface area (Å²) in [4.78, 5) is 28.8. The molecule has 2 amide bonds. The zero-order valence-corrected chi connectivity index (χ0v) is 23.0. The lowest BCUT2D eigenvalue weighted by atomic mass is 10.0. The Labute approximate surface area is 228 Å². The fraction of sp³-hybridized carbons (Fsp3) is 0.310. The van der Waals surface area contributed by atoms with Crippen molar-refractivity contribution < 1.29 is 19.1 Å². The number of hydrogen-bond donors (Lipinski definition) is 1. The van der Waals surface area contributed by atoms with Crippen LogP contribution in [0.3, 0.4) is 0 Å². The monoisotopic (exact) mass is 542 g/mol. The Balaban J connectivity index is 1.96. The average Bonchev–Trinajstić information content (AvgIpc) is 2.86. The molecule has 3 aromatic carbocycles. The van der Waals surface area contributed by atoms with Crippen LogP contribution in [0.15, 0.2) is 72.8 Å². The number of hydrogen-bond acceptors (Lipinski definition) is 4. The normalized spacial score (nSPS) is 11.9. The van der Waals surface area contributed by atoms with Crippen molar-refractivity contribution in [1.29, 1.82) is 0 Å². The predicted molar refractivity (Wildman–Crippen MR) is 147 cm³/mol. The van der Waals surface area contributed by atoms with Gasteiger partial charge < -0.3 is 19.7 Å². The van der Waals surface area contributed by atoms with E-state index in [4.69, 9.17) is 32.7 Å². The Morgan fingerprint density at radius 2 is 1.54 bits per heavy atom. The molecule has 0 aliphatic carbocycles. The summed E-state index contributed by atoms with van der Waals surface area (Å²) in [6.45, 7) is 5.57. The van der Waals surface area contributed by atoms with Crippen molar-refractivity contribution in [3.8, 4) is 11.5 Å². The van der Waals surface area contributed by atoms with Gasteiger partial charge in [0.25, 0.3) is 5.91 Å². The molecule has 0 aliphatic heterocycles. The summed E-state index contributed by atoms with van der Waals surface area (Å²) in [5.74, 6) is 0.327. The standard InChI is InChI=1S/C29H32Cl2N2O4/c1-29(2,3)32-28(35)24(17-20-10-6-5-7-11-20)33(18-21-14-15-22(30)23(31)16-21)27(34)19-37-26-13-9-8-12-25(26)36-4/h5-16,24H,17-19H2,1-4H3,(H,32,35)/t24-/m0/s1. The van der Waals surface area contributed by atoms with Gasteiger partial charge in [0.1, 0.15) is 6.04 Å². The van der Waals surface area contributed by atoms with Crippen LogP contribution >= 0.6 is 23.2 Å². The molecule has 8 heteroatoms. The SMILES string of the molecule is COc1ccccc1OCC(=O)N(Cc1ccc(Cl)c(Cl)c1)[C@@H](Cc1ccccc1)C(=O)NC(C)(C)C. The fourth-order valence-corrected chi connectivity index (χ4v) is 4.12. The van der Waals surface area contributed by atoms with Gasteiger partial charge in [-0.25, -0.2) is 0 Å². The number of benzene rings is 3. The number of nitrogens with one attached hydrogen (secondary N) is 1. The Hall–Kier alpha value is -3.22. The van der Waals surface area contributed by atoms with Gasteiger partial charge in [0.2, 0.25) is 5.91 Å². The van der Waals surface area contributed by atoms with Crippen molar-refractivity contribution in [3.05, 3.63) is 94.0 Å². The molecule has 0 aliphatic rings. The van der Waals surface area contributed by atoms with Crippen LogP contribution in [0.25, 0.3) is 0 Å². The molecule has 0 bridgehead atoms. The molecule has 3 rings (SSSR count). The lowest BCUT2D eigenvalue weighted by Gasteiger charge is -2.34. The maximum Gasteiger partial charge on any atom is 0.261 e. The molecular weight excluding hydrogens is 511 g/mol. The van der Waals surface area contributed by atoms with E-state index in [2.05, 4.69) is 5.32 Å². The van der Waals surface area contributed by atoms with E-state index in [0.717, 1.165) is 11.1 Å². The van der Waals surface area contributed by atoms with Gasteiger partial charge in [-0.2, -0.15) is 0 Å². The molecule has 37 heavy (non-hydrogen) atoms. The van der Waals surface area contributed by atoms with Crippen LogP contribution in [0.2, 0.25) is 10.0 Å². The Morgan fingerprint density at radius 1 is 0.892 bits per heavy atom. The smallest absolute Gasteiger partial charge is 0.261 e. The highest BCUT2D eigenvalue weighted by Crippen LogP contribution is 2.27. The van der Waals surface area contributed by atoms with Gasteiger partial charge in [0.05, 0.1) is 17.2 Å². The van der Waals surface area contributed by atoms with Crippen molar-refractivity contribution in [2.45, 2.75) is 45.3 Å². The van der Waals surface area contributed by atoms with E-state index in [1.54, 1.807) is 36.4 Å². The molecule has 1 atom stereocenters. The molecule has 0 saturated heterocycles. The van der Waals surface area contributed by atoms with Crippen molar-refractivity contribution in [1.82, 2.24) is 10.2 Å². The average molecular weight is 543 g/mol. The Morgan fingerprint density at radius 3 is 2.16 bits per heavy atom. The van der Waals surface area contributed by atoms with Crippen molar-refractivity contribution in [3.63, 3.8) is 0 Å². The first kappa shape index (κ1) is 28.4. The lowest BCUT2D eigenvalue weighted by Crippen LogP contribution is -2.55. The van der Waals surface area contributed by atoms with E-state index in [0.29, 0.717) is 28.0 Å². The first-order valence-corrected chi connectivity index (χ1v) is 12.7. The zero-order chi connectivity index (χ0) is 27.0. The zero-order valence-electron chi connectivity index (χ0n) is 21.5. The van der Waals surface area contributed by atoms with Gasteiger partial charge >= 0.3 is 0 Å². The molecule has 0 aromatic heterocycles. The van der Waals surface area contributed by atoms with E-state index < -0.39 is 11.6 Å². The van der Waals surface area contributed by atoms with Crippen molar-refractivity contribution in [2.75, 3.05) is 13.7 Å². The highest BCUT2D eigenvalue weighted by molar-refractivity contribution is 6.42. The van der Waals surface area contributed by atoms with Crippen LogP contribution in [-0.4, -0.2) is 42.0 Å². The maximum absolute atomic E-state index is 13.7. The first-order valence-electron chi connectivity index (χ1n) is 11.9. The van der Waals surface area contributed by atoms with Crippen molar-refractivity contribution >= 4 is 35.0 Å². The van der Waals surface area contributed by atoms with Gasteiger partial charge in [-0.1, -0.05) is 71.7 Å². The molecule has 3 aromatic rings. The van der Waals surface area contributed by atoms with E-state index in [1.807, 2.05) is 57.2 Å². The molecule has 0 radical (unpaired) electrons. The molecule has 0 fully saturated rings. The Kier molecular flexibility index (Phi) is 9.84. The number of rotatable bonds is 10. The van der Waals surface area contributed by atoms with Gasteiger partial charge in [-0.05, 0) is 56.2 Å². The number of nitrogens with zero attached hydrogens (tertiary/aromatic N) is 1. The summed E-state index contributed by atoms with van der Waals surface area (Å²) in [5, 5.41) is 3.81. The number of ether oxygens (including phenoxy) is 2. The van der Waals surface area contributed by atoms with E-state index in [9.17, 15) is 9.59 Å². The van der Waals surface area contributed by atoms with Crippen molar-refractivity contribution in [2.24, 2.45) is 0 Å². The van der Waals surface area contributed by atoms with Crippen LogP contribution in [0.5, 0.6) is 11.5 Å². The lowest BCUT2D eigenvalue weighted by molar-refractivity contribution is -0.143. The second-order valence-electron chi connectivity index (χ2n) is 9.65. The number of para-hydroxylation sites is 2. The van der Waals surface area contributed by atoms with E-state index in [1.165, 1.54) is 12.0 Å². The van der Waals surface area contributed by atoms with Gasteiger partial charge in [-0.15, -0.1) is 0 Å². The molecule has 0 unspecified atom stereocenters. The van der Waals surface area contributed by atoms with Gasteiger partial charge in [0, 0.05) is 18.5 Å². The molecule has 0 saturated carbocycles. The largest absolute Gasteiger partial charge is 0.493 e. The number of amides is 2. The summed E-state index contributed by atoms with van der Waals surface area (Å²) in [5.41, 5.74) is 1.17. The Bertz CT molecular complexity index is 1210. The number of halogens is 2. The number of carbonyl (C=O) groups is 2. The summed E-state index contributed by atoms with van der Waals surface area (Å²) in [6.07, 6.45) is 0.324. The number of carbonyl (C=O) groups excluding carboxylic acids is 2. The summed E-state index contributed by atoms with van der Waals surface area (Å²) < 4.78 is 11.2. The minimum absolute atomic E-state index is 0.139. The maximum atomic E-state index is 13.7. The quantitative estimate of drug-likeness (QED) is 0.344. The fourth-order valence-electron chi connectivity index (χ4n) is 3.80. The minimum Gasteiger partial charge on any atom is -0.493 e. The molecule has 1 N–H and O–H groups in total. The summed E-state index contributed by atoms with van der Waals surface area (Å²) in [7, 11) is 1.54. The number of methoxy groups -OCH3 is 1. The predicted octanol–water partition coefficient (Wildman–Crippen LogP) is 5.94. The summed E-state index contributed by atoms with van der Waals surface area (Å²) in [6, 6.07) is 21.0. The third-order valence-corrected chi connectivity index (χ3v) is 6.27. The minimum atomic E-state index is -0.801. The van der Waals surface area contributed by atoms with Gasteiger partial charge in [-0.3, -0.25) is 9.59 Å². The molecular formula is C29H32Cl2N2O4. The molecule has 196 valence electrons. The van der Waals surface area contributed by atoms with Crippen LogP contribution in [0.4, 0.5) is 0 Å². The molecule has 6 nitrogen and oxygen atoms in total. The van der Waals surface area contributed by atoms with E-state index in [-0.39, 0.29) is 25.0 Å². The van der Waals surface area contributed by atoms with Crippen LogP contribution in [0, 0.1) is 0 Å².